The Kier molecular flexibility index (Phi) is 3.92. The zero-order valence-electron chi connectivity index (χ0n) is 9.49. The Morgan fingerprint density at radius 3 is 1.71 bits per heavy atom. The summed E-state index contributed by atoms with van der Waals surface area (Å²) in [6.07, 6.45) is 0.975. The van der Waals surface area contributed by atoms with Gasteiger partial charge in [0.1, 0.15) is 0 Å². The molecule has 0 radical (unpaired) electrons. The van der Waals surface area contributed by atoms with Gasteiger partial charge in [-0.3, -0.25) is 0 Å². The Morgan fingerprint density at radius 1 is 1.00 bits per heavy atom. The molecule has 0 saturated carbocycles. The van der Waals surface area contributed by atoms with Crippen LogP contribution in [0.25, 0.3) is 0 Å². The number of hydrogen-bond donors (Lipinski definition) is 0. The second-order valence-electron chi connectivity index (χ2n) is 3.52. The number of rotatable bonds is 1. The second kappa shape index (κ2) is 4.12. The van der Waals surface area contributed by atoms with E-state index in [-0.39, 0.29) is 0 Å². The first-order chi connectivity index (χ1) is 7.17. The minimum atomic E-state index is -10.7. The zero-order valence-corrected chi connectivity index (χ0v) is 10.4. The zero-order chi connectivity index (χ0) is 14.0. The Balaban J connectivity index is 0.000000325. The molecule has 0 unspecified atom stereocenters. The van der Waals surface area contributed by atoms with E-state index in [4.69, 9.17) is 4.42 Å². The summed E-state index contributed by atoms with van der Waals surface area (Å²) in [5.41, 5.74) is 1.28. The summed E-state index contributed by atoms with van der Waals surface area (Å²) in [6, 6.07) is 4.12. The summed E-state index contributed by atoms with van der Waals surface area (Å²) >= 11 is 0. The van der Waals surface area contributed by atoms with Gasteiger partial charge in [0.2, 0.25) is 0 Å². The molecule has 0 aliphatic rings. The molecule has 17 heavy (non-hydrogen) atoms. The fourth-order valence-corrected chi connectivity index (χ4v) is 1.06. The van der Waals surface area contributed by atoms with E-state index in [1.165, 1.54) is 5.56 Å². The van der Waals surface area contributed by atoms with Gasteiger partial charge >= 0.3 is 44.5 Å². The van der Waals surface area contributed by atoms with Gasteiger partial charge in [0.15, 0.2) is 0 Å². The second-order valence-corrected chi connectivity index (χ2v) is 5.44. The summed E-state index contributed by atoms with van der Waals surface area (Å²) in [5, 5.41) is 0. The molecule has 1 rings (SSSR count). The van der Waals surface area contributed by atoms with Crippen molar-refractivity contribution in [1.29, 1.82) is 0 Å². The van der Waals surface area contributed by atoms with E-state index in [1.54, 1.807) is 0 Å². The average molecular weight is 282 g/mol. The number of hydrogen-bond acceptors (Lipinski definition) is 0. The first-order valence-electron chi connectivity index (χ1n) is 4.64. The maximum absolute atomic E-state index is 10.7. The van der Waals surface area contributed by atoms with Crippen molar-refractivity contribution in [1.82, 2.24) is 0 Å². The van der Waals surface area contributed by atoms with Crippen LogP contribution in [0.2, 0.25) is 0 Å². The van der Waals surface area contributed by atoms with Gasteiger partial charge < -0.3 is 0 Å². The Bertz CT molecular complexity index is 365. The van der Waals surface area contributed by atoms with E-state index in [0.717, 1.165) is 17.9 Å². The monoisotopic (exact) mass is 282 g/mol. The Morgan fingerprint density at radius 2 is 1.41 bits per heavy atom. The first kappa shape index (κ1) is 16.2. The molecule has 1 heterocycles. The Hall–Kier alpha value is -0.840. The molecule has 1 aromatic heterocycles. The van der Waals surface area contributed by atoms with E-state index < -0.39 is 7.81 Å². The topological polar surface area (TPSA) is 11.3 Å². The molecule has 0 aliphatic heterocycles. The van der Waals surface area contributed by atoms with Crippen molar-refractivity contribution in [2.24, 2.45) is 0 Å². The molecule has 0 saturated heterocycles. The molecule has 1 nitrogen and oxygen atoms in total. The van der Waals surface area contributed by atoms with E-state index in [0.29, 0.717) is 0 Å². The van der Waals surface area contributed by atoms with Gasteiger partial charge in [0.05, 0.1) is 13.3 Å². The SMILES string of the molecule is CCc1cc(C)cc(C)[o+]1.F[P-](F)(F)(F)(F)F. The van der Waals surface area contributed by atoms with Crippen LogP contribution in [0.15, 0.2) is 16.5 Å². The van der Waals surface area contributed by atoms with Gasteiger partial charge in [-0.05, 0) is 12.5 Å². The summed E-state index contributed by atoms with van der Waals surface area (Å²) < 4.78 is 64.6. The molecule has 1 aromatic rings. The van der Waals surface area contributed by atoms with Crippen molar-refractivity contribution in [2.75, 3.05) is 0 Å². The van der Waals surface area contributed by atoms with Crippen LogP contribution in [0.1, 0.15) is 24.0 Å². The molecular formula is C9H13F6OP. The quantitative estimate of drug-likeness (QED) is 0.343. The van der Waals surface area contributed by atoms with Crippen LogP contribution < -0.4 is 0 Å². The van der Waals surface area contributed by atoms with Gasteiger partial charge in [0.25, 0.3) is 0 Å². The first-order valence-corrected chi connectivity index (χ1v) is 6.67. The van der Waals surface area contributed by atoms with Crippen molar-refractivity contribution >= 4 is 7.81 Å². The molecule has 0 bridgehead atoms. The standard InChI is InChI=1S/C9H13O.F6P/c1-4-9-6-7(2)5-8(3)10-9;1-7(2,3,4,5)6/h5-6H,4H2,1-3H3;/q+1;-1. The molecule has 0 aliphatic carbocycles. The van der Waals surface area contributed by atoms with Crippen LogP contribution >= 0.6 is 7.81 Å². The summed E-state index contributed by atoms with van der Waals surface area (Å²) in [5.74, 6) is 2.06. The van der Waals surface area contributed by atoms with E-state index >= 15 is 0 Å². The van der Waals surface area contributed by atoms with Gasteiger partial charge in [-0.1, -0.05) is 6.92 Å². The molecule has 8 heteroatoms. The van der Waals surface area contributed by atoms with Crippen LogP contribution in [0.3, 0.4) is 0 Å². The third-order valence-corrected chi connectivity index (χ3v) is 1.46. The molecule has 0 atom stereocenters. The fraction of sp³-hybridized carbons (Fsp3) is 0.444. The van der Waals surface area contributed by atoms with Gasteiger partial charge in [-0.2, -0.15) is 0 Å². The summed E-state index contributed by atoms with van der Waals surface area (Å²) in [4.78, 5) is 0. The predicted octanol–water partition coefficient (Wildman–Crippen LogP) is 6.12. The number of aryl methyl sites for hydroxylation is 3. The van der Waals surface area contributed by atoms with Crippen molar-refractivity contribution in [3.63, 3.8) is 0 Å². The Labute approximate surface area is 94.7 Å². The van der Waals surface area contributed by atoms with E-state index in [2.05, 4.69) is 19.9 Å². The molecule has 0 fully saturated rings. The van der Waals surface area contributed by atoms with Gasteiger partial charge in [0, 0.05) is 12.1 Å². The normalized spacial score (nSPS) is 15.4. The average Bonchev–Trinajstić information content (AvgIpc) is 1.96. The molecule has 102 valence electrons. The van der Waals surface area contributed by atoms with Crippen molar-refractivity contribution in [3.8, 4) is 0 Å². The van der Waals surface area contributed by atoms with Crippen LogP contribution in [0.4, 0.5) is 25.2 Å². The molecule has 0 amide bonds. The van der Waals surface area contributed by atoms with E-state index in [9.17, 15) is 25.2 Å². The summed E-state index contributed by atoms with van der Waals surface area (Å²) in [7, 11) is -10.7. The van der Waals surface area contributed by atoms with Gasteiger partial charge in [-0.15, -0.1) is 0 Å². The van der Waals surface area contributed by atoms with Crippen LogP contribution in [0.5, 0.6) is 0 Å². The van der Waals surface area contributed by atoms with Crippen molar-refractivity contribution in [3.05, 3.63) is 29.2 Å². The molecule has 0 aromatic carbocycles. The van der Waals surface area contributed by atoms with Crippen LogP contribution in [0, 0.1) is 13.8 Å². The third kappa shape index (κ3) is 15.2. The fourth-order valence-electron chi connectivity index (χ4n) is 1.06. The van der Waals surface area contributed by atoms with Crippen LogP contribution in [-0.4, -0.2) is 0 Å². The molecular weight excluding hydrogens is 269 g/mol. The van der Waals surface area contributed by atoms with Crippen LogP contribution in [-0.2, 0) is 6.42 Å². The summed E-state index contributed by atoms with van der Waals surface area (Å²) in [6.45, 7) is 6.16. The number of halogens is 6. The molecule has 0 N–H and O–H groups in total. The van der Waals surface area contributed by atoms with Crippen molar-refractivity contribution in [2.45, 2.75) is 27.2 Å². The maximum atomic E-state index is 9.87. The predicted molar refractivity (Wildman–Crippen MR) is 55.5 cm³/mol. The van der Waals surface area contributed by atoms with Crippen molar-refractivity contribution < 1.29 is 29.6 Å². The van der Waals surface area contributed by atoms with E-state index in [1.807, 2.05) is 13.0 Å². The van der Waals surface area contributed by atoms with Gasteiger partial charge in [-0.25, -0.2) is 4.42 Å². The third-order valence-electron chi connectivity index (χ3n) is 1.46. The molecule has 0 spiro atoms. The minimum absolute atomic E-state index is 0.975.